The van der Waals surface area contributed by atoms with Crippen molar-refractivity contribution in [2.75, 3.05) is 12.9 Å². The summed E-state index contributed by atoms with van der Waals surface area (Å²) in [5.74, 6) is 5.91. The summed E-state index contributed by atoms with van der Waals surface area (Å²) in [6.45, 7) is 2.47. The molecule has 1 aliphatic carbocycles. The molecule has 1 aliphatic heterocycles. The second kappa shape index (κ2) is 5.68. The zero-order valence-electron chi connectivity index (χ0n) is 11.9. The molecule has 0 amide bonds. The van der Waals surface area contributed by atoms with Gasteiger partial charge in [0.2, 0.25) is 0 Å². The Hall–Kier alpha value is -0.170. The third-order valence-electron chi connectivity index (χ3n) is 4.93. The molecule has 0 aromatic heterocycles. The molecule has 3 unspecified atom stereocenters. The van der Waals surface area contributed by atoms with Crippen molar-refractivity contribution in [3.8, 4) is 0 Å². The minimum absolute atomic E-state index is 0.00472. The molecule has 3 atom stereocenters. The van der Waals surface area contributed by atoms with E-state index >= 15 is 0 Å². The highest BCUT2D eigenvalue weighted by atomic mass is 32.2. The fraction of sp³-hybridized carbons (Fsp3) is 1.00. The highest BCUT2D eigenvalue weighted by Crippen LogP contribution is 2.43. The largest absolute Gasteiger partial charge is 0.375 e. The third kappa shape index (κ3) is 3.29. The van der Waals surface area contributed by atoms with Crippen LogP contribution in [0.1, 0.15) is 45.4 Å². The SMILES string of the molecule is CC(C(NN)C1CCOC2(CCCC2)C1)S(C)(=O)=O. The average Bonchev–Trinajstić information content (AvgIpc) is 2.77. The maximum Gasteiger partial charge on any atom is 0.151 e. The Bertz CT molecular complexity index is 404. The molecule has 6 heteroatoms. The molecule has 2 aliphatic rings. The second-order valence-corrected chi connectivity index (χ2v) is 8.62. The van der Waals surface area contributed by atoms with Gasteiger partial charge >= 0.3 is 0 Å². The maximum atomic E-state index is 11.8. The van der Waals surface area contributed by atoms with Crippen molar-refractivity contribution in [1.82, 2.24) is 5.43 Å². The Morgan fingerprint density at radius 2 is 2.00 bits per heavy atom. The van der Waals surface area contributed by atoms with Crippen LogP contribution in [0.25, 0.3) is 0 Å². The second-order valence-electron chi connectivity index (χ2n) is 6.22. The van der Waals surface area contributed by atoms with Crippen LogP contribution >= 0.6 is 0 Å². The summed E-state index contributed by atoms with van der Waals surface area (Å²) in [5, 5.41) is -0.459. The molecule has 1 heterocycles. The van der Waals surface area contributed by atoms with Gasteiger partial charge < -0.3 is 4.74 Å². The van der Waals surface area contributed by atoms with Crippen LogP contribution in [0.5, 0.6) is 0 Å². The molecule has 2 rings (SSSR count). The number of nitrogens with one attached hydrogen (secondary N) is 1. The van der Waals surface area contributed by atoms with E-state index in [4.69, 9.17) is 10.6 Å². The Balaban J connectivity index is 2.10. The number of hydrazine groups is 1. The van der Waals surface area contributed by atoms with Crippen molar-refractivity contribution in [1.29, 1.82) is 0 Å². The van der Waals surface area contributed by atoms with Gasteiger partial charge in [0.15, 0.2) is 9.84 Å². The van der Waals surface area contributed by atoms with Gasteiger partial charge in [-0.3, -0.25) is 11.3 Å². The lowest BCUT2D eigenvalue weighted by molar-refractivity contribution is -0.0978. The number of nitrogens with two attached hydrogens (primary N) is 1. The molecule has 1 saturated heterocycles. The summed E-state index contributed by atoms with van der Waals surface area (Å²) in [7, 11) is -3.08. The minimum atomic E-state index is -3.08. The van der Waals surface area contributed by atoms with Crippen LogP contribution in [-0.2, 0) is 14.6 Å². The first kappa shape index (κ1) is 15.2. The molecule has 0 radical (unpaired) electrons. The lowest BCUT2D eigenvalue weighted by atomic mass is 9.80. The standard InChI is InChI=1S/C13H26N2O3S/c1-10(19(2,16)17)12(15-14)11-5-8-18-13(9-11)6-3-4-7-13/h10-12,15H,3-9,14H2,1-2H3. The molecular formula is C13H26N2O3S. The fourth-order valence-electron chi connectivity index (χ4n) is 3.66. The molecular weight excluding hydrogens is 264 g/mol. The number of rotatable bonds is 4. The predicted molar refractivity (Wildman–Crippen MR) is 75.3 cm³/mol. The highest BCUT2D eigenvalue weighted by Gasteiger charge is 2.43. The van der Waals surface area contributed by atoms with E-state index in [1.807, 2.05) is 0 Å². The number of hydrogen-bond acceptors (Lipinski definition) is 5. The Labute approximate surface area is 116 Å². The summed E-state index contributed by atoms with van der Waals surface area (Å²) in [5.41, 5.74) is 2.75. The van der Waals surface area contributed by atoms with E-state index in [-0.39, 0.29) is 17.6 Å². The van der Waals surface area contributed by atoms with Crippen LogP contribution in [-0.4, -0.2) is 38.2 Å². The van der Waals surface area contributed by atoms with Gasteiger partial charge in [-0.15, -0.1) is 0 Å². The van der Waals surface area contributed by atoms with Crippen molar-refractivity contribution in [2.45, 2.75) is 62.3 Å². The van der Waals surface area contributed by atoms with Crippen LogP contribution in [0, 0.1) is 5.92 Å². The first-order valence-electron chi connectivity index (χ1n) is 7.17. The van der Waals surface area contributed by atoms with Gasteiger partial charge in [0.05, 0.1) is 10.9 Å². The van der Waals surface area contributed by atoms with E-state index in [0.29, 0.717) is 0 Å². The summed E-state index contributed by atoms with van der Waals surface area (Å²) in [6.07, 6.45) is 7.75. The van der Waals surface area contributed by atoms with Gasteiger partial charge in [-0.2, -0.15) is 0 Å². The van der Waals surface area contributed by atoms with Crippen LogP contribution in [0.4, 0.5) is 0 Å². The minimum Gasteiger partial charge on any atom is -0.375 e. The van der Waals surface area contributed by atoms with E-state index in [1.165, 1.54) is 19.1 Å². The van der Waals surface area contributed by atoms with Gasteiger partial charge in [-0.1, -0.05) is 12.8 Å². The smallest absolute Gasteiger partial charge is 0.151 e. The lowest BCUT2D eigenvalue weighted by Crippen LogP contribution is -2.54. The van der Waals surface area contributed by atoms with E-state index in [0.717, 1.165) is 32.3 Å². The van der Waals surface area contributed by atoms with Crippen LogP contribution in [0.15, 0.2) is 0 Å². The molecule has 3 N–H and O–H groups in total. The van der Waals surface area contributed by atoms with Crippen molar-refractivity contribution in [3.05, 3.63) is 0 Å². The molecule has 0 aromatic rings. The monoisotopic (exact) mass is 290 g/mol. The maximum absolute atomic E-state index is 11.8. The van der Waals surface area contributed by atoms with Gasteiger partial charge in [0.1, 0.15) is 0 Å². The molecule has 1 saturated carbocycles. The molecule has 5 nitrogen and oxygen atoms in total. The van der Waals surface area contributed by atoms with E-state index < -0.39 is 15.1 Å². The van der Waals surface area contributed by atoms with Crippen molar-refractivity contribution in [3.63, 3.8) is 0 Å². The number of sulfone groups is 1. The lowest BCUT2D eigenvalue weighted by Gasteiger charge is -2.42. The first-order valence-corrected chi connectivity index (χ1v) is 9.12. The van der Waals surface area contributed by atoms with Gasteiger partial charge in [-0.25, -0.2) is 8.42 Å². The van der Waals surface area contributed by atoms with Crippen LogP contribution in [0.3, 0.4) is 0 Å². The molecule has 2 fully saturated rings. The van der Waals surface area contributed by atoms with Crippen molar-refractivity contribution < 1.29 is 13.2 Å². The average molecular weight is 290 g/mol. The summed E-state index contributed by atoms with van der Waals surface area (Å²) < 4.78 is 29.5. The van der Waals surface area contributed by atoms with E-state index in [1.54, 1.807) is 6.92 Å². The summed E-state index contributed by atoms with van der Waals surface area (Å²) in [6, 6.07) is -0.184. The molecule has 112 valence electrons. The summed E-state index contributed by atoms with van der Waals surface area (Å²) >= 11 is 0. The quantitative estimate of drug-likeness (QED) is 0.596. The third-order valence-corrected chi connectivity index (χ3v) is 6.57. The Morgan fingerprint density at radius 1 is 1.37 bits per heavy atom. The highest BCUT2D eigenvalue weighted by molar-refractivity contribution is 7.91. The predicted octanol–water partition coefficient (Wildman–Crippen LogP) is 0.991. The molecule has 19 heavy (non-hydrogen) atoms. The van der Waals surface area contributed by atoms with Gasteiger partial charge in [-0.05, 0) is 38.5 Å². The number of hydrogen-bond donors (Lipinski definition) is 2. The molecule has 0 bridgehead atoms. The molecule has 1 spiro atoms. The Kier molecular flexibility index (Phi) is 4.55. The van der Waals surface area contributed by atoms with Crippen LogP contribution in [0.2, 0.25) is 0 Å². The summed E-state index contributed by atoms with van der Waals surface area (Å²) in [4.78, 5) is 0. The number of ether oxygens (including phenoxy) is 1. The zero-order valence-corrected chi connectivity index (χ0v) is 12.7. The van der Waals surface area contributed by atoms with E-state index in [9.17, 15) is 8.42 Å². The normalized spacial score (nSPS) is 30.4. The van der Waals surface area contributed by atoms with Gasteiger partial charge in [0.25, 0.3) is 0 Å². The van der Waals surface area contributed by atoms with Crippen molar-refractivity contribution in [2.24, 2.45) is 11.8 Å². The topological polar surface area (TPSA) is 81.4 Å². The van der Waals surface area contributed by atoms with Crippen LogP contribution < -0.4 is 11.3 Å². The van der Waals surface area contributed by atoms with Gasteiger partial charge in [0, 0.05) is 18.9 Å². The fourth-order valence-corrected chi connectivity index (χ4v) is 4.49. The van der Waals surface area contributed by atoms with E-state index in [2.05, 4.69) is 5.43 Å². The first-order chi connectivity index (χ1) is 8.88. The van der Waals surface area contributed by atoms with Crippen molar-refractivity contribution >= 4 is 9.84 Å². The zero-order chi connectivity index (χ0) is 14.1. The Morgan fingerprint density at radius 3 is 2.53 bits per heavy atom. The molecule has 0 aromatic carbocycles.